The average Bonchev–Trinajstić information content (AvgIpc) is 2.38. The predicted molar refractivity (Wildman–Crippen MR) is 70.3 cm³/mol. The highest BCUT2D eigenvalue weighted by molar-refractivity contribution is 5.82. The second kappa shape index (κ2) is 5.15. The van der Waals surface area contributed by atoms with Crippen LogP contribution in [0.25, 0.3) is 10.9 Å². The zero-order chi connectivity index (χ0) is 13.0. The number of nitrogens with one attached hydrogen (secondary N) is 1. The van der Waals surface area contributed by atoms with Gasteiger partial charge in [-0.25, -0.2) is 4.98 Å². The van der Waals surface area contributed by atoms with Crippen LogP contribution in [0, 0.1) is 22.5 Å². The molecule has 1 heterocycles. The van der Waals surface area contributed by atoms with Crippen molar-refractivity contribution >= 4 is 22.4 Å². The summed E-state index contributed by atoms with van der Waals surface area (Å²) in [6.45, 7) is 0.655. The van der Waals surface area contributed by atoms with Crippen molar-refractivity contribution in [2.75, 3.05) is 11.9 Å². The number of nitrogens with zero attached hydrogens (tertiary/aromatic N) is 2. The summed E-state index contributed by atoms with van der Waals surface area (Å²) in [6.07, 6.45) is 5.78. The Morgan fingerprint density at radius 3 is 2.94 bits per heavy atom. The van der Waals surface area contributed by atoms with Crippen LogP contribution >= 0.6 is 0 Å². The molecule has 0 atom stereocenters. The lowest BCUT2D eigenvalue weighted by Crippen LogP contribution is -2.02. The van der Waals surface area contributed by atoms with Gasteiger partial charge >= 0.3 is 0 Å². The van der Waals surface area contributed by atoms with E-state index in [9.17, 15) is 10.1 Å². The smallest absolute Gasteiger partial charge is 0.270 e. The van der Waals surface area contributed by atoms with Gasteiger partial charge in [-0.1, -0.05) is 0 Å². The number of fused-ring (bicyclic) bond motifs is 1. The first-order valence-electron chi connectivity index (χ1n) is 5.43. The Bertz CT molecular complexity index is 632. The van der Waals surface area contributed by atoms with Gasteiger partial charge in [0, 0.05) is 30.5 Å². The molecule has 0 aliphatic carbocycles. The molecule has 0 saturated carbocycles. The molecule has 0 amide bonds. The van der Waals surface area contributed by atoms with Crippen molar-refractivity contribution in [1.29, 1.82) is 0 Å². The predicted octanol–water partition coefficient (Wildman–Crippen LogP) is 2.58. The maximum Gasteiger partial charge on any atom is 0.270 e. The van der Waals surface area contributed by atoms with Crippen LogP contribution < -0.4 is 5.32 Å². The number of non-ortho nitro benzene ring substituents is 1. The highest BCUT2D eigenvalue weighted by Gasteiger charge is 2.06. The van der Waals surface area contributed by atoms with Gasteiger partial charge in [0.05, 0.1) is 10.4 Å². The molecule has 0 aliphatic heterocycles. The van der Waals surface area contributed by atoms with Crippen molar-refractivity contribution in [1.82, 2.24) is 4.98 Å². The molecule has 0 aliphatic rings. The maximum absolute atomic E-state index is 10.6. The number of rotatable bonds is 4. The van der Waals surface area contributed by atoms with E-state index in [4.69, 9.17) is 6.42 Å². The highest BCUT2D eigenvalue weighted by atomic mass is 16.6. The molecule has 0 unspecified atom stereocenters. The molecular weight excluding hydrogens is 230 g/mol. The van der Waals surface area contributed by atoms with E-state index >= 15 is 0 Å². The summed E-state index contributed by atoms with van der Waals surface area (Å²) in [5, 5.41) is 14.5. The first-order chi connectivity index (χ1) is 8.70. The standard InChI is InChI=1S/C13H11N3O2/c1-2-3-8-14-13-7-4-10-9-11(16(17)18)5-6-12(10)15-13/h1,4-7,9H,3,8H2,(H,14,15). The summed E-state index contributed by atoms with van der Waals surface area (Å²) in [5.74, 6) is 3.24. The van der Waals surface area contributed by atoms with Gasteiger partial charge in [0.1, 0.15) is 5.82 Å². The Labute approximate surface area is 104 Å². The Morgan fingerprint density at radius 1 is 1.39 bits per heavy atom. The van der Waals surface area contributed by atoms with Crippen LogP contribution in [0.2, 0.25) is 0 Å². The first-order valence-corrected chi connectivity index (χ1v) is 5.43. The van der Waals surface area contributed by atoms with Crippen molar-refractivity contribution in [2.24, 2.45) is 0 Å². The van der Waals surface area contributed by atoms with Gasteiger partial charge in [-0.2, -0.15) is 0 Å². The molecule has 0 radical (unpaired) electrons. The summed E-state index contributed by atoms with van der Waals surface area (Å²) in [5.41, 5.74) is 0.781. The number of nitro groups is 1. The molecule has 90 valence electrons. The van der Waals surface area contributed by atoms with E-state index in [-0.39, 0.29) is 5.69 Å². The molecule has 0 bridgehead atoms. The number of aromatic nitrogens is 1. The number of hydrogen-bond donors (Lipinski definition) is 1. The molecule has 5 nitrogen and oxygen atoms in total. The van der Waals surface area contributed by atoms with Crippen LogP contribution in [0.1, 0.15) is 6.42 Å². The Hall–Kier alpha value is -2.61. The van der Waals surface area contributed by atoms with Gasteiger partial charge in [0.25, 0.3) is 5.69 Å². The van der Waals surface area contributed by atoms with Crippen LogP contribution in [0.15, 0.2) is 30.3 Å². The fourth-order valence-electron chi connectivity index (χ4n) is 1.59. The monoisotopic (exact) mass is 241 g/mol. The number of pyridine rings is 1. The molecule has 0 fully saturated rings. The summed E-state index contributed by atoms with van der Waals surface area (Å²) in [6, 6.07) is 8.17. The quantitative estimate of drug-likeness (QED) is 0.386. The fraction of sp³-hybridized carbons (Fsp3) is 0.154. The molecule has 5 heteroatoms. The van der Waals surface area contributed by atoms with Gasteiger partial charge < -0.3 is 5.32 Å². The van der Waals surface area contributed by atoms with Crippen molar-refractivity contribution in [3.05, 3.63) is 40.4 Å². The van der Waals surface area contributed by atoms with Crippen LogP contribution in [-0.2, 0) is 0 Å². The topological polar surface area (TPSA) is 68.1 Å². The molecule has 18 heavy (non-hydrogen) atoms. The van der Waals surface area contributed by atoms with E-state index in [0.717, 1.165) is 5.39 Å². The first kappa shape index (κ1) is 11.9. The lowest BCUT2D eigenvalue weighted by Gasteiger charge is -2.04. The third-order valence-corrected chi connectivity index (χ3v) is 2.46. The summed E-state index contributed by atoms with van der Waals surface area (Å²) >= 11 is 0. The third-order valence-electron chi connectivity index (χ3n) is 2.46. The zero-order valence-corrected chi connectivity index (χ0v) is 9.59. The van der Waals surface area contributed by atoms with Crippen molar-refractivity contribution in [2.45, 2.75) is 6.42 Å². The highest BCUT2D eigenvalue weighted by Crippen LogP contribution is 2.20. The molecule has 0 saturated heterocycles. The van der Waals surface area contributed by atoms with E-state index in [0.29, 0.717) is 24.3 Å². The second-order valence-corrected chi connectivity index (χ2v) is 3.71. The van der Waals surface area contributed by atoms with E-state index in [1.165, 1.54) is 12.1 Å². The normalized spacial score (nSPS) is 9.94. The van der Waals surface area contributed by atoms with Gasteiger partial charge in [-0.3, -0.25) is 10.1 Å². The van der Waals surface area contributed by atoms with Gasteiger partial charge in [-0.15, -0.1) is 12.3 Å². The molecule has 0 spiro atoms. The van der Waals surface area contributed by atoms with Crippen LogP contribution in [0.4, 0.5) is 11.5 Å². The number of anilines is 1. The molecule has 2 rings (SSSR count). The van der Waals surface area contributed by atoms with Crippen molar-refractivity contribution in [3.8, 4) is 12.3 Å². The van der Waals surface area contributed by atoms with E-state index in [1.807, 2.05) is 0 Å². The minimum Gasteiger partial charge on any atom is -0.369 e. The number of hydrogen-bond acceptors (Lipinski definition) is 4. The Kier molecular flexibility index (Phi) is 3.39. The van der Waals surface area contributed by atoms with Crippen molar-refractivity contribution < 1.29 is 4.92 Å². The Morgan fingerprint density at radius 2 is 2.22 bits per heavy atom. The van der Waals surface area contributed by atoms with Gasteiger partial charge in [0.2, 0.25) is 0 Å². The zero-order valence-electron chi connectivity index (χ0n) is 9.59. The van der Waals surface area contributed by atoms with Crippen LogP contribution in [0.3, 0.4) is 0 Å². The summed E-state index contributed by atoms with van der Waals surface area (Å²) < 4.78 is 0. The largest absolute Gasteiger partial charge is 0.369 e. The van der Waals surface area contributed by atoms with E-state index in [1.54, 1.807) is 18.2 Å². The van der Waals surface area contributed by atoms with Gasteiger partial charge in [-0.05, 0) is 18.2 Å². The lowest BCUT2D eigenvalue weighted by molar-refractivity contribution is -0.384. The molecule has 2 aromatic rings. The SMILES string of the molecule is C#CCCNc1ccc2cc([N+](=O)[O-])ccc2n1. The molecule has 1 aromatic carbocycles. The average molecular weight is 241 g/mol. The minimum absolute atomic E-state index is 0.0670. The summed E-state index contributed by atoms with van der Waals surface area (Å²) in [7, 11) is 0. The molecule has 1 aromatic heterocycles. The Balaban J connectivity index is 2.27. The van der Waals surface area contributed by atoms with E-state index < -0.39 is 4.92 Å². The van der Waals surface area contributed by atoms with Crippen LogP contribution in [-0.4, -0.2) is 16.5 Å². The van der Waals surface area contributed by atoms with E-state index in [2.05, 4.69) is 16.2 Å². The third kappa shape index (κ3) is 2.55. The molecular formula is C13H11N3O2. The summed E-state index contributed by atoms with van der Waals surface area (Å²) in [4.78, 5) is 14.6. The minimum atomic E-state index is -0.418. The fourth-order valence-corrected chi connectivity index (χ4v) is 1.59. The van der Waals surface area contributed by atoms with Crippen molar-refractivity contribution in [3.63, 3.8) is 0 Å². The second-order valence-electron chi connectivity index (χ2n) is 3.71. The van der Waals surface area contributed by atoms with Crippen LogP contribution in [0.5, 0.6) is 0 Å². The number of nitro benzene ring substituents is 1. The number of terminal acetylenes is 1. The van der Waals surface area contributed by atoms with Gasteiger partial charge in [0.15, 0.2) is 0 Å². The number of benzene rings is 1. The maximum atomic E-state index is 10.6. The lowest BCUT2D eigenvalue weighted by atomic mass is 10.2. The molecule has 1 N–H and O–H groups in total.